The predicted molar refractivity (Wildman–Crippen MR) is 122 cm³/mol. The minimum atomic E-state index is -0.308. The number of halogens is 2. The van der Waals surface area contributed by atoms with Gasteiger partial charge in [0.2, 0.25) is 0 Å². The molecule has 0 N–H and O–H groups in total. The molecule has 3 rings (SSSR count). The number of amidine groups is 1. The van der Waals surface area contributed by atoms with Crippen LogP contribution in [0.5, 0.6) is 11.5 Å². The van der Waals surface area contributed by atoms with E-state index in [9.17, 15) is 9.18 Å². The van der Waals surface area contributed by atoms with E-state index in [2.05, 4.69) is 20.9 Å². The lowest BCUT2D eigenvalue weighted by molar-refractivity contribution is -0.122. The lowest BCUT2D eigenvalue weighted by atomic mass is 10.1. The summed E-state index contributed by atoms with van der Waals surface area (Å²) in [6.45, 7) is 5.26. The average molecular weight is 493 g/mol. The van der Waals surface area contributed by atoms with Crippen LogP contribution in [-0.2, 0) is 11.4 Å². The fraction of sp³-hybridized carbons (Fsp3) is 0.273. The second kappa shape index (κ2) is 10.1. The van der Waals surface area contributed by atoms with Crippen molar-refractivity contribution >= 4 is 44.8 Å². The van der Waals surface area contributed by atoms with E-state index in [4.69, 9.17) is 9.47 Å². The smallest absolute Gasteiger partial charge is 0.266 e. The highest BCUT2D eigenvalue weighted by atomic mass is 79.9. The number of carbonyl (C=O) groups excluding carboxylic acids is 1. The van der Waals surface area contributed by atoms with Gasteiger partial charge in [0.1, 0.15) is 12.4 Å². The molecular weight excluding hydrogens is 471 g/mol. The standard InChI is InChI=1S/C22H22BrFN2O3S/c1-4-25-22-26(5-2)21(27)20(30-22)11-15-10-18(28-3)19(12-17(15)23)29-13-14-7-6-8-16(24)9-14/h6-12H,4-5,13H2,1-3H3/b20-11-,25-22?. The molecule has 0 aliphatic carbocycles. The largest absolute Gasteiger partial charge is 0.493 e. The zero-order valence-corrected chi connectivity index (χ0v) is 19.3. The molecule has 158 valence electrons. The molecule has 1 saturated heterocycles. The van der Waals surface area contributed by atoms with Gasteiger partial charge in [-0.05, 0) is 67.1 Å². The van der Waals surface area contributed by atoms with E-state index in [0.29, 0.717) is 29.5 Å². The Hall–Kier alpha value is -2.32. The van der Waals surface area contributed by atoms with Gasteiger partial charge in [-0.15, -0.1) is 0 Å². The van der Waals surface area contributed by atoms with Crippen LogP contribution >= 0.6 is 27.7 Å². The van der Waals surface area contributed by atoms with Crippen LogP contribution in [0.15, 0.2) is 50.8 Å². The third kappa shape index (κ3) is 5.05. The summed E-state index contributed by atoms with van der Waals surface area (Å²) in [6, 6.07) is 9.84. The zero-order chi connectivity index (χ0) is 21.7. The molecule has 2 aromatic rings. The number of nitrogens with zero attached hydrogens (tertiary/aromatic N) is 2. The van der Waals surface area contributed by atoms with Crippen molar-refractivity contribution in [3.05, 3.63) is 62.7 Å². The van der Waals surface area contributed by atoms with Crippen molar-refractivity contribution in [1.29, 1.82) is 0 Å². The Labute approximate surface area is 188 Å². The van der Waals surface area contributed by atoms with Gasteiger partial charge in [-0.3, -0.25) is 14.7 Å². The number of thioether (sulfide) groups is 1. The van der Waals surface area contributed by atoms with Crippen molar-refractivity contribution in [1.82, 2.24) is 4.90 Å². The molecule has 0 unspecified atom stereocenters. The van der Waals surface area contributed by atoms with Crippen LogP contribution in [0.2, 0.25) is 0 Å². The third-order valence-electron chi connectivity index (χ3n) is 4.35. The van der Waals surface area contributed by atoms with Gasteiger partial charge in [0.15, 0.2) is 16.7 Å². The van der Waals surface area contributed by atoms with Crippen molar-refractivity contribution in [3.63, 3.8) is 0 Å². The Morgan fingerprint density at radius 2 is 2.03 bits per heavy atom. The Morgan fingerprint density at radius 1 is 1.23 bits per heavy atom. The first-order chi connectivity index (χ1) is 14.5. The van der Waals surface area contributed by atoms with Crippen LogP contribution in [0.4, 0.5) is 4.39 Å². The first-order valence-corrected chi connectivity index (χ1v) is 11.1. The monoisotopic (exact) mass is 492 g/mol. The van der Waals surface area contributed by atoms with Gasteiger partial charge in [0, 0.05) is 17.6 Å². The number of hydrogen-bond donors (Lipinski definition) is 0. The number of likely N-dealkylation sites (N-methyl/N-ethyl adjacent to an activating group) is 1. The summed E-state index contributed by atoms with van der Waals surface area (Å²) in [4.78, 5) is 19.4. The molecule has 5 nitrogen and oxygen atoms in total. The molecule has 0 atom stereocenters. The van der Waals surface area contributed by atoms with Gasteiger partial charge < -0.3 is 9.47 Å². The SMILES string of the molecule is CCN=C1S/C(=C\c2cc(OC)c(OCc3cccc(F)c3)cc2Br)C(=O)N1CC. The molecule has 1 aliphatic heterocycles. The first kappa shape index (κ1) is 22.4. The normalized spacial score (nSPS) is 16.6. The van der Waals surface area contributed by atoms with E-state index < -0.39 is 0 Å². The summed E-state index contributed by atoms with van der Waals surface area (Å²) in [5.74, 6) is 0.667. The Bertz CT molecular complexity index is 1010. The van der Waals surface area contributed by atoms with Crippen LogP contribution in [0.25, 0.3) is 6.08 Å². The highest BCUT2D eigenvalue weighted by molar-refractivity contribution is 9.10. The number of amides is 1. The Balaban J connectivity index is 1.86. The topological polar surface area (TPSA) is 51.1 Å². The maximum absolute atomic E-state index is 13.4. The maximum Gasteiger partial charge on any atom is 0.266 e. The van der Waals surface area contributed by atoms with Gasteiger partial charge >= 0.3 is 0 Å². The van der Waals surface area contributed by atoms with Crippen molar-refractivity contribution in [2.75, 3.05) is 20.2 Å². The van der Waals surface area contributed by atoms with Gasteiger partial charge in [0.05, 0.1) is 12.0 Å². The molecule has 1 aliphatic rings. The summed E-state index contributed by atoms with van der Waals surface area (Å²) in [5.41, 5.74) is 1.50. The fourth-order valence-electron chi connectivity index (χ4n) is 2.90. The highest BCUT2D eigenvalue weighted by Crippen LogP contribution is 2.38. The number of rotatable bonds is 7. The molecule has 1 amide bonds. The summed E-state index contributed by atoms with van der Waals surface area (Å²) >= 11 is 4.91. The minimum Gasteiger partial charge on any atom is -0.493 e. The molecule has 0 aromatic heterocycles. The third-order valence-corrected chi connectivity index (χ3v) is 6.08. The zero-order valence-electron chi connectivity index (χ0n) is 16.9. The van der Waals surface area contributed by atoms with Crippen molar-refractivity contribution in [2.24, 2.45) is 4.99 Å². The fourth-order valence-corrected chi connectivity index (χ4v) is 4.44. The van der Waals surface area contributed by atoms with E-state index in [-0.39, 0.29) is 18.3 Å². The van der Waals surface area contributed by atoms with E-state index in [1.165, 1.54) is 23.9 Å². The maximum atomic E-state index is 13.4. The second-order valence-corrected chi connectivity index (χ2v) is 8.22. The van der Waals surface area contributed by atoms with Crippen LogP contribution in [0.3, 0.4) is 0 Å². The molecule has 0 saturated carbocycles. The molecule has 2 aromatic carbocycles. The lowest BCUT2D eigenvalue weighted by Gasteiger charge is -2.13. The van der Waals surface area contributed by atoms with Crippen LogP contribution in [0.1, 0.15) is 25.0 Å². The molecule has 0 radical (unpaired) electrons. The van der Waals surface area contributed by atoms with Crippen molar-refractivity contribution in [2.45, 2.75) is 20.5 Å². The lowest BCUT2D eigenvalue weighted by Crippen LogP contribution is -2.28. The van der Waals surface area contributed by atoms with Crippen molar-refractivity contribution < 1.29 is 18.7 Å². The molecule has 0 spiro atoms. The van der Waals surface area contributed by atoms with Gasteiger partial charge in [-0.2, -0.15) is 0 Å². The molecule has 8 heteroatoms. The summed E-state index contributed by atoms with van der Waals surface area (Å²) in [5, 5.41) is 0.717. The van der Waals surface area contributed by atoms with Gasteiger partial charge in [-0.1, -0.05) is 28.1 Å². The summed E-state index contributed by atoms with van der Waals surface area (Å²) < 4.78 is 25.4. The number of carbonyl (C=O) groups is 1. The minimum absolute atomic E-state index is 0.0630. The molecule has 0 bridgehead atoms. The molecule has 1 fully saturated rings. The highest BCUT2D eigenvalue weighted by Gasteiger charge is 2.32. The van der Waals surface area contributed by atoms with E-state index >= 15 is 0 Å². The van der Waals surface area contributed by atoms with Crippen LogP contribution in [0, 0.1) is 5.82 Å². The van der Waals surface area contributed by atoms with Crippen LogP contribution < -0.4 is 9.47 Å². The Kier molecular flexibility index (Phi) is 7.55. The van der Waals surface area contributed by atoms with Crippen LogP contribution in [-0.4, -0.2) is 36.2 Å². The molecule has 1 heterocycles. The predicted octanol–water partition coefficient (Wildman–Crippen LogP) is 5.49. The summed E-state index contributed by atoms with van der Waals surface area (Å²) in [6.07, 6.45) is 1.82. The van der Waals surface area contributed by atoms with E-state index in [1.54, 1.807) is 36.3 Å². The molecule has 30 heavy (non-hydrogen) atoms. The number of ether oxygens (including phenoxy) is 2. The first-order valence-electron chi connectivity index (χ1n) is 9.47. The van der Waals surface area contributed by atoms with Gasteiger partial charge in [-0.25, -0.2) is 4.39 Å². The van der Waals surface area contributed by atoms with E-state index in [1.807, 2.05) is 19.9 Å². The summed E-state index contributed by atoms with van der Waals surface area (Å²) in [7, 11) is 1.55. The number of methoxy groups -OCH3 is 1. The molecular formula is C22H22BrFN2O3S. The van der Waals surface area contributed by atoms with Crippen molar-refractivity contribution in [3.8, 4) is 11.5 Å². The van der Waals surface area contributed by atoms with E-state index in [0.717, 1.165) is 20.8 Å². The second-order valence-electron chi connectivity index (χ2n) is 6.36. The number of hydrogen-bond acceptors (Lipinski definition) is 5. The number of benzene rings is 2. The average Bonchev–Trinajstić information content (AvgIpc) is 3.02. The Morgan fingerprint density at radius 3 is 2.70 bits per heavy atom. The number of aliphatic imine (C=N–C) groups is 1. The van der Waals surface area contributed by atoms with Gasteiger partial charge in [0.25, 0.3) is 5.91 Å². The quantitative estimate of drug-likeness (QED) is 0.479.